The van der Waals surface area contributed by atoms with Crippen LogP contribution >= 0.6 is 11.6 Å². The molecule has 0 radical (unpaired) electrons. The molecule has 36 heavy (non-hydrogen) atoms. The van der Waals surface area contributed by atoms with Gasteiger partial charge in [-0.1, -0.05) is 37.1 Å². The topological polar surface area (TPSA) is 97.5 Å². The summed E-state index contributed by atoms with van der Waals surface area (Å²) in [5.41, 5.74) is 2.95. The number of para-hydroxylation sites is 2. The van der Waals surface area contributed by atoms with Crippen molar-refractivity contribution in [3.8, 4) is 5.69 Å². The van der Waals surface area contributed by atoms with Gasteiger partial charge in [-0.25, -0.2) is 0 Å². The molecule has 0 spiro atoms. The normalized spacial score (nSPS) is 14.3. The Balaban J connectivity index is 1.70. The molecule has 1 aliphatic heterocycles. The Morgan fingerprint density at radius 2 is 1.75 bits per heavy atom. The smallest absolute Gasteiger partial charge is 0.269 e. The van der Waals surface area contributed by atoms with Crippen LogP contribution in [0.5, 0.6) is 0 Å². The van der Waals surface area contributed by atoms with Gasteiger partial charge < -0.3 is 9.88 Å². The predicted octanol–water partition coefficient (Wildman–Crippen LogP) is 5.81. The molecule has 4 aromatic rings. The van der Waals surface area contributed by atoms with Gasteiger partial charge in [-0.3, -0.25) is 24.6 Å². The maximum atomic E-state index is 13.9. The zero-order chi connectivity index (χ0) is 25.4. The van der Waals surface area contributed by atoms with E-state index in [1.54, 1.807) is 12.1 Å². The van der Waals surface area contributed by atoms with Crippen LogP contribution in [0.1, 0.15) is 41.9 Å². The zero-order valence-corrected chi connectivity index (χ0v) is 20.2. The highest BCUT2D eigenvalue weighted by Crippen LogP contribution is 2.43. The summed E-state index contributed by atoms with van der Waals surface area (Å²) in [5.74, 6) is -0.731. The van der Waals surface area contributed by atoms with Crippen LogP contribution < -0.4 is 10.2 Å². The monoisotopic (exact) mass is 502 g/mol. The van der Waals surface area contributed by atoms with Crippen LogP contribution in [0.4, 0.5) is 11.4 Å². The molecule has 0 bridgehead atoms. The third kappa shape index (κ3) is 3.99. The molecule has 2 amide bonds. The second kappa shape index (κ2) is 9.47. The number of rotatable bonds is 6. The molecular formula is C27H23ClN4O4. The first-order valence-electron chi connectivity index (χ1n) is 11.7. The van der Waals surface area contributed by atoms with E-state index in [1.807, 2.05) is 47.9 Å². The number of fused-ring (bicyclic) bond motifs is 5. The molecule has 0 saturated heterocycles. The Kier molecular flexibility index (Phi) is 6.20. The predicted molar refractivity (Wildman–Crippen MR) is 139 cm³/mol. The number of hydrogen-bond donors (Lipinski definition) is 1. The Morgan fingerprint density at radius 3 is 2.44 bits per heavy atom. The van der Waals surface area contributed by atoms with Crippen molar-refractivity contribution in [1.29, 1.82) is 0 Å². The lowest BCUT2D eigenvalue weighted by atomic mass is 10.0. The first-order chi connectivity index (χ1) is 17.4. The van der Waals surface area contributed by atoms with Gasteiger partial charge in [-0.15, -0.1) is 0 Å². The number of nitro groups is 1. The van der Waals surface area contributed by atoms with E-state index in [2.05, 4.69) is 5.32 Å². The van der Waals surface area contributed by atoms with Crippen molar-refractivity contribution in [3.63, 3.8) is 0 Å². The number of nitro benzene ring substituents is 1. The summed E-state index contributed by atoms with van der Waals surface area (Å²) < 4.78 is 1.99. The number of anilines is 1. The average molecular weight is 503 g/mol. The summed E-state index contributed by atoms with van der Waals surface area (Å²) >= 11 is 6.26. The fourth-order valence-electron chi connectivity index (χ4n) is 4.63. The van der Waals surface area contributed by atoms with Crippen LogP contribution in [-0.4, -0.2) is 27.8 Å². The highest BCUT2D eigenvalue weighted by atomic mass is 35.5. The van der Waals surface area contributed by atoms with Gasteiger partial charge in [0.25, 0.3) is 11.6 Å². The lowest BCUT2D eigenvalue weighted by Crippen LogP contribution is -2.47. The van der Waals surface area contributed by atoms with Crippen LogP contribution in [0, 0.1) is 10.1 Å². The van der Waals surface area contributed by atoms with Gasteiger partial charge >= 0.3 is 0 Å². The molecule has 1 N–H and O–H groups in total. The van der Waals surface area contributed by atoms with E-state index < -0.39 is 16.9 Å². The van der Waals surface area contributed by atoms with Gasteiger partial charge in [0, 0.05) is 34.6 Å². The van der Waals surface area contributed by atoms with Crippen molar-refractivity contribution in [2.45, 2.75) is 25.8 Å². The van der Waals surface area contributed by atoms with Gasteiger partial charge in [0.05, 0.1) is 27.5 Å². The number of hydrogen-bond acceptors (Lipinski definition) is 4. The molecule has 0 aliphatic carbocycles. The van der Waals surface area contributed by atoms with Gasteiger partial charge in [0.15, 0.2) is 6.04 Å². The highest BCUT2D eigenvalue weighted by Gasteiger charge is 2.40. The summed E-state index contributed by atoms with van der Waals surface area (Å²) in [4.78, 5) is 39.6. The van der Waals surface area contributed by atoms with Gasteiger partial charge in [0.2, 0.25) is 5.91 Å². The van der Waals surface area contributed by atoms with Crippen LogP contribution in [0.3, 0.4) is 0 Å². The first kappa shape index (κ1) is 23.6. The average Bonchev–Trinajstić information content (AvgIpc) is 3.25. The largest absolute Gasteiger partial charge is 0.354 e. The van der Waals surface area contributed by atoms with Crippen LogP contribution in [0.2, 0.25) is 5.02 Å². The molecule has 182 valence electrons. The van der Waals surface area contributed by atoms with Crippen molar-refractivity contribution in [2.24, 2.45) is 0 Å². The number of unbranched alkanes of at least 4 members (excludes halogenated alkanes) is 1. The molecule has 1 aromatic heterocycles. The maximum Gasteiger partial charge on any atom is 0.269 e. The lowest BCUT2D eigenvalue weighted by Gasteiger charge is -2.37. The van der Waals surface area contributed by atoms with E-state index in [0.717, 1.165) is 29.4 Å². The summed E-state index contributed by atoms with van der Waals surface area (Å²) in [5, 5.41) is 15.5. The minimum absolute atomic E-state index is 0.114. The summed E-state index contributed by atoms with van der Waals surface area (Å²) in [6.45, 7) is 2.52. The number of amides is 2. The molecule has 1 unspecified atom stereocenters. The van der Waals surface area contributed by atoms with E-state index in [4.69, 9.17) is 11.6 Å². The van der Waals surface area contributed by atoms with Crippen LogP contribution in [0.25, 0.3) is 16.6 Å². The number of carbonyl (C=O) groups is 2. The first-order valence-corrected chi connectivity index (χ1v) is 12.0. The van der Waals surface area contributed by atoms with Crippen LogP contribution in [-0.2, 0) is 4.79 Å². The van der Waals surface area contributed by atoms with E-state index in [1.165, 1.54) is 29.2 Å². The maximum absolute atomic E-state index is 13.9. The van der Waals surface area contributed by atoms with E-state index >= 15 is 0 Å². The minimum Gasteiger partial charge on any atom is -0.354 e. The number of halogens is 1. The highest BCUT2D eigenvalue weighted by molar-refractivity contribution is 6.31. The van der Waals surface area contributed by atoms with E-state index in [0.29, 0.717) is 22.9 Å². The number of carbonyl (C=O) groups excluding carboxylic acids is 2. The summed E-state index contributed by atoms with van der Waals surface area (Å²) in [7, 11) is 0. The molecular weight excluding hydrogens is 480 g/mol. The Morgan fingerprint density at radius 1 is 1.03 bits per heavy atom. The molecule has 8 nitrogen and oxygen atoms in total. The van der Waals surface area contributed by atoms with Crippen molar-refractivity contribution in [1.82, 2.24) is 9.88 Å². The number of benzene rings is 3. The SMILES string of the molecule is CCCCNC(=O)C1c2cc3cc(Cl)ccc3n2-c2ccccc2N1C(=O)c1ccc([N+](=O)[O-])cc1. The molecule has 1 atom stereocenters. The summed E-state index contributed by atoms with van der Waals surface area (Å²) in [6.07, 6.45) is 1.72. The number of nitrogens with one attached hydrogen (secondary N) is 1. The Labute approximate surface area is 212 Å². The fraction of sp³-hybridized carbons (Fsp3) is 0.185. The molecule has 2 heterocycles. The van der Waals surface area contributed by atoms with E-state index in [-0.39, 0.29) is 17.2 Å². The quantitative estimate of drug-likeness (QED) is 0.204. The van der Waals surface area contributed by atoms with Gasteiger partial charge in [-0.05, 0) is 55.0 Å². The third-order valence-corrected chi connectivity index (χ3v) is 6.57. The number of non-ortho nitro benzene ring substituents is 1. The van der Waals surface area contributed by atoms with Gasteiger partial charge in [0.1, 0.15) is 0 Å². The molecule has 0 fully saturated rings. The molecule has 5 rings (SSSR count). The Hall–Kier alpha value is -4.17. The van der Waals surface area contributed by atoms with Crippen molar-refractivity contribution < 1.29 is 14.5 Å². The molecule has 3 aromatic carbocycles. The van der Waals surface area contributed by atoms with Crippen LogP contribution in [0.15, 0.2) is 72.8 Å². The molecule has 9 heteroatoms. The lowest BCUT2D eigenvalue weighted by molar-refractivity contribution is -0.384. The minimum atomic E-state index is -0.953. The number of aromatic nitrogens is 1. The second-order valence-corrected chi connectivity index (χ2v) is 9.06. The third-order valence-electron chi connectivity index (χ3n) is 6.33. The molecule has 1 aliphatic rings. The van der Waals surface area contributed by atoms with E-state index in [9.17, 15) is 19.7 Å². The molecule has 0 saturated carbocycles. The van der Waals surface area contributed by atoms with Gasteiger partial charge in [-0.2, -0.15) is 0 Å². The van der Waals surface area contributed by atoms with Crippen molar-refractivity contribution in [3.05, 3.63) is 99.2 Å². The fourth-order valence-corrected chi connectivity index (χ4v) is 4.81. The Bertz CT molecular complexity index is 1500. The number of nitrogens with zero attached hydrogens (tertiary/aromatic N) is 3. The van der Waals surface area contributed by atoms with Crippen molar-refractivity contribution >= 4 is 45.7 Å². The summed E-state index contributed by atoms with van der Waals surface area (Å²) in [6, 6.07) is 19.3. The zero-order valence-electron chi connectivity index (χ0n) is 19.5. The standard InChI is InChI=1S/C27H23ClN4O4/c1-2-3-14-29-26(33)25-24-16-18-15-19(28)10-13-21(18)30(24)22-6-4-5-7-23(22)31(25)27(34)17-8-11-20(12-9-17)32(35)36/h4-13,15-16,25H,2-3,14H2,1H3,(H,29,33). The van der Waals surface area contributed by atoms with Crippen molar-refractivity contribution in [2.75, 3.05) is 11.4 Å². The second-order valence-electron chi connectivity index (χ2n) is 8.62.